The molecule has 0 saturated carbocycles. The first-order chi connectivity index (χ1) is 12.2. The first-order valence-corrected chi connectivity index (χ1v) is 9.38. The van der Waals surface area contributed by atoms with Crippen LogP contribution in [0.25, 0.3) is 11.3 Å². The second-order valence-electron chi connectivity index (χ2n) is 5.03. The lowest BCUT2D eigenvalue weighted by Gasteiger charge is -2.09. The Hall–Kier alpha value is -2.13. The van der Waals surface area contributed by atoms with Crippen molar-refractivity contribution >= 4 is 45.0 Å². The van der Waals surface area contributed by atoms with Gasteiger partial charge < -0.3 is 9.47 Å². The Bertz CT molecular complexity index is 865. The van der Waals surface area contributed by atoms with Crippen LogP contribution >= 0.6 is 33.9 Å². The topological polar surface area (TPSA) is 60.5 Å². The first-order valence-electron chi connectivity index (χ1n) is 7.43. The largest absolute Gasteiger partial charge is 0.493 e. The summed E-state index contributed by atoms with van der Waals surface area (Å²) in [4.78, 5) is 16.5. The summed E-state index contributed by atoms with van der Waals surface area (Å²) in [6.07, 6.45) is 0. The molecule has 0 bridgehead atoms. The van der Waals surface area contributed by atoms with Gasteiger partial charge in [0.2, 0.25) is 0 Å². The molecule has 3 rings (SSSR count). The third-order valence-corrected chi connectivity index (χ3v) is 4.80. The second-order valence-corrected chi connectivity index (χ2v) is 7.14. The van der Waals surface area contributed by atoms with E-state index in [2.05, 4.69) is 32.9 Å². The van der Waals surface area contributed by atoms with E-state index in [1.165, 1.54) is 14.9 Å². The van der Waals surface area contributed by atoms with Crippen LogP contribution in [0.1, 0.15) is 0 Å². The van der Waals surface area contributed by atoms with Crippen LogP contribution in [0.4, 0.5) is 5.13 Å². The van der Waals surface area contributed by atoms with Crippen molar-refractivity contribution in [2.45, 2.75) is 0 Å². The van der Waals surface area contributed by atoms with Crippen molar-refractivity contribution in [1.29, 1.82) is 0 Å². The SMILES string of the molecule is COc1ccccc1OCC(=O)Nc1nc(-c2ccc(I)cc2)cs1. The van der Waals surface area contributed by atoms with Crippen LogP contribution in [0.3, 0.4) is 0 Å². The number of amides is 1. The maximum atomic E-state index is 12.1. The number of nitrogens with one attached hydrogen (secondary N) is 1. The number of methoxy groups -OCH3 is 1. The molecule has 7 heteroatoms. The molecule has 5 nitrogen and oxygen atoms in total. The number of ether oxygens (including phenoxy) is 2. The van der Waals surface area contributed by atoms with Gasteiger partial charge in [-0.15, -0.1) is 11.3 Å². The number of thiazole rings is 1. The number of nitrogens with zero attached hydrogens (tertiary/aromatic N) is 1. The molecule has 0 saturated heterocycles. The Labute approximate surface area is 163 Å². The van der Waals surface area contributed by atoms with Crippen LogP contribution in [0.5, 0.6) is 11.5 Å². The quantitative estimate of drug-likeness (QED) is 0.546. The fourth-order valence-corrected chi connectivity index (χ4v) is 3.22. The molecule has 1 aromatic heterocycles. The molecule has 2 aromatic carbocycles. The Morgan fingerprint density at radius 3 is 2.60 bits per heavy atom. The highest BCUT2D eigenvalue weighted by Gasteiger charge is 2.10. The number of hydrogen-bond donors (Lipinski definition) is 1. The molecule has 25 heavy (non-hydrogen) atoms. The summed E-state index contributed by atoms with van der Waals surface area (Å²) in [5, 5.41) is 5.21. The molecule has 0 spiro atoms. The van der Waals surface area contributed by atoms with Gasteiger partial charge in [0, 0.05) is 14.5 Å². The summed E-state index contributed by atoms with van der Waals surface area (Å²) in [6.45, 7) is -0.112. The van der Waals surface area contributed by atoms with E-state index in [4.69, 9.17) is 9.47 Å². The number of para-hydroxylation sites is 2. The van der Waals surface area contributed by atoms with E-state index in [0.29, 0.717) is 16.6 Å². The zero-order chi connectivity index (χ0) is 17.6. The molecule has 0 radical (unpaired) electrons. The van der Waals surface area contributed by atoms with Crippen LogP contribution < -0.4 is 14.8 Å². The molecule has 1 N–H and O–H groups in total. The van der Waals surface area contributed by atoms with Crippen molar-refractivity contribution in [1.82, 2.24) is 4.98 Å². The number of aromatic nitrogens is 1. The minimum atomic E-state index is -0.269. The fraction of sp³-hybridized carbons (Fsp3) is 0.111. The number of anilines is 1. The maximum Gasteiger partial charge on any atom is 0.264 e. The van der Waals surface area contributed by atoms with E-state index in [1.54, 1.807) is 19.2 Å². The minimum Gasteiger partial charge on any atom is -0.493 e. The Morgan fingerprint density at radius 2 is 1.88 bits per heavy atom. The average Bonchev–Trinajstić information content (AvgIpc) is 3.09. The lowest BCUT2D eigenvalue weighted by Crippen LogP contribution is -2.20. The zero-order valence-electron chi connectivity index (χ0n) is 13.4. The van der Waals surface area contributed by atoms with Gasteiger partial charge in [0.05, 0.1) is 12.8 Å². The Balaban J connectivity index is 1.59. The van der Waals surface area contributed by atoms with Crippen LogP contribution in [0, 0.1) is 3.57 Å². The highest BCUT2D eigenvalue weighted by atomic mass is 127. The van der Waals surface area contributed by atoms with Gasteiger partial charge in [-0.2, -0.15) is 0 Å². The number of carbonyl (C=O) groups is 1. The van der Waals surface area contributed by atoms with Crippen molar-refractivity contribution in [3.8, 4) is 22.8 Å². The van der Waals surface area contributed by atoms with Crippen LogP contribution in [-0.2, 0) is 4.79 Å². The average molecular weight is 466 g/mol. The van der Waals surface area contributed by atoms with Crippen molar-refractivity contribution in [2.24, 2.45) is 0 Å². The summed E-state index contributed by atoms with van der Waals surface area (Å²) in [5.41, 5.74) is 1.85. The number of halogens is 1. The van der Waals surface area contributed by atoms with Gasteiger partial charge in [0.1, 0.15) is 0 Å². The molecule has 0 unspecified atom stereocenters. The van der Waals surface area contributed by atoms with E-state index < -0.39 is 0 Å². The smallest absolute Gasteiger partial charge is 0.264 e. The third-order valence-electron chi connectivity index (χ3n) is 3.32. The molecule has 128 valence electrons. The Morgan fingerprint density at radius 1 is 1.16 bits per heavy atom. The summed E-state index contributed by atoms with van der Waals surface area (Å²) in [6, 6.07) is 15.3. The number of rotatable bonds is 6. The lowest BCUT2D eigenvalue weighted by atomic mass is 10.2. The van der Waals surface area contributed by atoms with Crippen molar-refractivity contribution < 1.29 is 14.3 Å². The molecule has 3 aromatic rings. The molecule has 0 aliphatic rings. The van der Waals surface area contributed by atoms with Gasteiger partial charge in [0.25, 0.3) is 5.91 Å². The van der Waals surface area contributed by atoms with E-state index in [9.17, 15) is 4.79 Å². The van der Waals surface area contributed by atoms with Crippen molar-refractivity contribution in [2.75, 3.05) is 19.0 Å². The molecule has 1 heterocycles. The highest BCUT2D eigenvalue weighted by Crippen LogP contribution is 2.27. The standard InChI is InChI=1S/C18H15IN2O3S/c1-23-15-4-2-3-5-16(15)24-10-17(22)21-18-20-14(11-25-18)12-6-8-13(19)9-7-12/h2-9,11H,10H2,1H3,(H,20,21,22). The van der Waals surface area contributed by atoms with Crippen LogP contribution in [0.2, 0.25) is 0 Å². The Kier molecular flexibility index (Phi) is 5.87. The molecule has 0 aliphatic heterocycles. The van der Waals surface area contributed by atoms with E-state index in [0.717, 1.165) is 11.3 Å². The number of benzene rings is 2. The maximum absolute atomic E-state index is 12.1. The van der Waals surface area contributed by atoms with Gasteiger partial charge in [0.15, 0.2) is 23.2 Å². The van der Waals surface area contributed by atoms with Gasteiger partial charge in [-0.05, 0) is 46.9 Å². The predicted molar refractivity (Wildman–Crippen MR) is 107 cm³/mol. The number of carbonyl (C=O) groups excluding carboxylic acids is 1. The lowest BCUT2D eigenvalue weighted by molar-refractivity contribution is -0.118. The summed E-state index contributed by atoms with van der Waals surface area (Å²) < 4.78 is 11.9. The van der Waals surface area contributed by atoms with Crippen LogP contribution in [0.15, 0.2) is 53.9 Å². The predicted octanol–water partition coefficient (Wildman–Crippen LogP) is 4.44. The zero-order valence-corrected chi connectivity index (χ0v) is 16.3. The molecule has 0 fully saturated rings. The minimum absolute atomic E-state index is 0.112. The fourth-order valence-electron chi connectivity index (χ4n) is 2.12. The second kappa shape index (κ2) is 8.30. The van der Waals surface area contributed by atoms with Crippen LogP contribution in [-0.4, -0.2) is 24.6 Å². The van der Waals surface area contributed by atoms with Gasteiger partial charge in [-0.1, -0.05) is 24.3 Å². The van der Waals surface area contributed by atoms with E-state index in [1.807, 2.05) is 41.8 Å². The molecular formula is C18H15IN2O3S. The normalized spacial score (nSPS) is 10.3. The molecule has 1 amide bonds. The summed E-state index contributed by atoms with van der Waals surface area (Å²) >= 11 is 3.64. The van der Waals surface area contributed by atoms with Gasteiger partial charge in [-0.3, -0.25) is 10.1 Å². The third kappa shape index (κ3) is 4.70. The molecule has 0 aliphatic carbocycles. The summed E-state index contributed by atoms with van der Waals surface area (Å²) in [7, 11) is 1.56. The monoisotopic (exact) mass is 466 g/mol. The highest BCUT2D eigenvalue weighted by molar-refractivity contribution is 14.1. The van der Waals surface area contributed by atoms with Gasteiger partial charge >= 0.3 is 0 Å². The number of hydrogen-bond acceptors (Lipinski definition) is 5. The first kappa shape index (κ1) is 17.7. The van der Waals surface area contributed by atoms with Crippen molar-refractivity contribution in [3.05, 3.63) is 57.5 Å². The van der Waals surface area contributed by atoms with E-state index >= 15 is 0 Å². The van der Waals surface area contributed by atoms with Crippen molar-refractivity contribution in [3.63, 3.8) is 0 Å². The molecular weight excluding hydrogens is 451 g/mol. The summed E-state index contributed by atoms with van der Waals surface area (Å²) in [5.74, 6) is 0.846. The molecule has 0 atom stereocenters. The van der Waals surface area contributed by atoms with Gasteiger partial charge in [-0.25, -0.2) is 4.98 Å². The van der Waals surface area contributed by atoms with E-state index in [-0.39, 0.29) is 12.5 Å².